The molecule has 0 aromatic carbocycles. The molecule has 0 saturated carbocycles. The molecule has 0 spiro atoms. The summed E-state index contributed by atoms with van der Waals surface area (Å²) < 4.78 is 0. The molecule has 0 aromatic heterocycles. The van der Waals surface area contributed by atoms with Gasteiger partial charge in [-0.15, -0.1) is 0 Å². The number of allylic oxidation sites excluding steroid dienone is 2. The van der Waals surface area contributed by atoms with Gasteiger partial charge >= 0.3 is 0 Å². The van der Waals surface area contributed by atoms with Crippen molar-refractivity contribution in [2.24, 2.45) is 5.92 Å². The van der Waals surface area contributed by atoms with Crippen molar-refractivity contribution < 1.29 is 0 Å². The van der Waals surface area contributed by atoms with E-state index in [0.717, 1.165) is 19.4 Å². The summed E-state index contributed by atoms with van der Waals surface area (Å²) in [7, 11) is 0. The Morgan fingerprint density at radius 3 is 2.54 bits per heavy atom. The second-order valence-corrected chi connectivity index (χ2v) is 4.01. The SMILES string of the molecule is C=C(CC(C)C)NCC/C(C)=C/C. The van der Waals surface area contributed by atoms with Crippen LogP contribution in [0.2, 0.25) is 0 Å². The highest BCUT2D eigenvalue weighted by molar-refractivity contribution is 4.98. The van der Waals surface area contributed by atoms with E-state index in [9.17, 15) is 0 Å². The normalized spacial score (nSPS) is 11.9. The summed E-state index contributed by atoms with van der Waals surface area (Å²) in [6.07, 6.45) is 4.36. The molecule has 1 N–H and O–H groups in total. The largest absolute Gasteiger partial charge is 0.388 e. The van der Waals surface area contributed by atoms with Gasteiger partial charge in [0.05, 0.1) is 0 Å². The predicted octanol–water partition coefficient (Wildman–Crippen LogP) is 3.49. The zero-order valence-electron chi connectivity index (χ0n) is 9.48. The highest BCUT2D eigenvalue weighted by Crippen LogP contribution is 2.06. The van der Waals surface area contributed by atoms with E-state index in [2.05, 4.69) is 45.7 Å². The summed E-state index contributed by atoms with van der Waals surface area (Å²) in [6.45, 7) is 13.7. The minimum absolute atomic E-state index is 0.697. The molecule has 0 aliphatic heterocycles. The Labute approximate surface area is 82.9 Å². The molecule has 0 saturated heterocycles. The van der Waals surface area contributed by atoms with Gasteiger partial charge in [0.2, 0.25) is 0 Å². The summed E-state index contributed by atoms with van der Waals surface area (Å²) in [5, 5.41) is 3.34. The van der Waals surface area contributed by atoms with Crippen LogP contribution in [0.3, 0.4) is 0 Å². The predicted molar refractivity (Wildman–Crippen MR) is 60.6 cm³/mol. The van der Waals surface area contributed by atoms with Crippen molar-refractivity contribution in [2.45, 2.75) is 40.5 Å². The lowest BCUT2D eigenvalue weighted by atomic mass is 10.1. The summed E-state index contributed by atoms with van der Waals surface area (Å²) in [6, 6.07) is 0. The van der Waals surface area contributed by atoms with E-state index >= 15 is 0 Å². The van der Waals surface area contributed by atoms with Crippen molar-refractivity contribution in [3.05, 3.63) is 23.9 Å². The lowest BCUT2D eigenvalue weighted by Crippen LogP contribution is -2.15. The van der Waals surface area contributed by atoms with Gasteiger partial charge in [-0.3, -0.25) is 0 Å². The van der Waals surface area contributed by atoms with Crippen molar-refractivity contribution in [1.82, 2.24) is 5.32 Å². The summed E-state index contributed by atoms with van der Waals surface area (Å²) in [5.41, 5.74) is 2.60. The smallest absolute Gasteiger partial charge is 0.0180 e. The van der Waals surface area contributed by atoms with Crippen LogP contribution >= 0.6 is 0 Å². The number of hydrogen-bond acceptors (Lipinski definition) is 1. The topological polar surface area (TPSA) is 12.0 Å². The van der Waals surface area contributed by atoms with Crippen LogP contribution in [0.15, 0.2) is 23.9 Å². The minimum atomic E-state index is 0.697. The molecule has 0 radical (unpaired) electrons. The van der Waals surface area contributed by atoms with E-state index in [0.29, 0.717) is 5.92 Å². The van der Waals surface area contributed by atoms with Gasteiger partial charge in [-0.2, -0.15) is 0 Å². The highest BCUT2D eigenvalue weighted by Gasteiger charge is 1.97. The Kier molecular flexibility index (Phi) is 6.38. The fourth-order valence-electron chi connectivity index (χ4n) is 1.15. The van der Waals surface area contributed by atoms with Crippen LogP contribution in [-0.2, 0) is 0 Å². The maximum atomic E-state index is 3.99. The first-order valence-electron chi connectivity index (χ1n) is 5.09. The van der Waals surface area contributed by atoms with E-state index < -0.39 is 0 Å². The van der Waals surface area contributed by atoms with Gasteiger partial charge in [0, 0.05) is 12.2 Å². The second kappa shape index (κ2) is 6.76. The first-order chi connectivity index (χ1) is 6.06. The van der Waals surface area contributed by atoms with Crippen LogP contribution in [0, 0.1) is 5.92 Å². The minimum Gasteiger partial charge on any atom is -0.388 e. The van der Waals surface area contributed by atoms with Gasteiger partial charge in [-0.1, -0.05) is 32.1 Å². The first kappa shape index (κ1) is 12.3. The van der Waals surface area contributed by atoms with Crippen LogP contribution in [0.5, 0.6) is 0 Å². The van der Waals surface area contributed by atoms with Crippen LogP contribution in [0.4, 0.5) is 0 Å². The molecule has 0 aromatic rings. The third-order valence-corrected chi connectivity index (χ3v) is 2.04. The molecule has 13 heavy (non-hydrogen) atoms. The standard InChI is InChI=1S/C12H23N/c1-6-11(4)7-8-13-12(5)9-10(2)3/h6,10,13H,5,7-9H2,1-4H3/b11-6+. The fraction of sp³-hybridized carbons (Fsp3) is 0.667. The maximum Gasteiger partial charge on any atom is 0.0180 e. The van der Waals surface area contributed by atoms with Gasteiger partial charge < -0.3 is 5.32 Å². The van der Waals surface area contributed by atoms with Crippen molar-refractivity contribution in [1.29, 1.82) is 0 Å². The number of nitrogens with one attached hydrogen (secondary N) is 1. The lowest BCUT2D eigenvalue weighted by molar-refractivity contribution is 0.602. The molecule has 0 bridgehead atoms. The molecule has 0 amide bonds. The molecule has 1 heteroatoms. The first-order valence-corrected chi connectivity index (χ1v) is 5.09. The van der Waals surface area contributed by atoms with Crippen molar-refractivity contribution in [2.75, 3.05) is 6.54 Å². The summed E-state index contributed by atoms with van der Waals surface area (Å²) in [5.74, 6) is 0.697. The third-order valence-electron chi connectivity index (χ3n) is 2.04. The molecule has 1 nitrogen and oxygen atoms in total. The molecule has 0 unspecified atom stereocenters. The molecule has 0 atom stereocenters. The second-order valence-electron chi connectivity index (χ2n) is 4.01. The average molecular weight is 181 g/mol. The summed E-state index contributed by atoms with van der Waals surface area (Å²) in [4.78, 5) is 0. The Hall–Kier alpha value is -0.720. The van der Waals surface area contributed by atoms with Crippen molar-refractivity contribution >= 4 is 0 Å². The average Bonchev–Trinajstić information content (AvgIpc) is 2.02. The van der Waals surface area contributed by atoms with Crippen LogP contribution in [-0.4, -0.2) is 6.54 Å². The monoisotopic (exact) mass is 181 g/mol. The van der Waals surface area contributed by atoms with Crippen molar-refractivity contribution in [3.8, 4) is 0 Å². The highest BCUT2D eigenvalue weighted by atomic mass is 14.9. The molecular weight excluding hydrogens is 158 g/mol. The van der Waals surface area contributed by atoms with Gasteiger partial charge in [0.15, 0.2) is 0 Å². The van der Waals surface area contributed by atoms with E-state index in [4.69, 9.17) is 0 Å². The Bertz CT molecular complexity index is 178. The molecule has 0 heterocycles. The van der Waals surface area contributed by atoms with Gasteiger partial charge in [-0.05, 0) is 32.6 Å². The lowest BCUT2D eigenvalue weighted by Gasteiger charge is -2.11. The summed E-state index contributed by atoms with van der Waals surface area (Å²) >= 11 is 0. The maximum absolute atomic E-state index is 3.99. The quantitative estimate of drug-likeness (QED) is 0.618. The Morgan fingerprint density at radius 2 is 2.08 bits per heavy atom. The van der Waals surface area contributed by atoms with E-state index in [-0.39, 0.29) is 0 Å². The molecule has 0 aliphatic rings. The van der Waals surface area contributed by atoms with Crippen molar-refractivity contribution in [3.63, 3.8) is 0 Å². The number of hydrogen-bond donors (Lipinski definition) is 1. The van der Waals surface area contributed by atoms with Crippen LogP contribution in [0.25, 0.3) is 0 Å². The Balaban J connectivity index is 3.48. The molecule has 0 rings (SSSR count). The zero-order chi connectivity index (χ0) is 10.3. The fourth-order valence-corrected chi connectivity index (χ4v) is 1.15. The zero-order valence-corrected chi connectivity index (χ0v) is 9.48. The third kappa shape index (κ3) is 7.63. The molecule has 0 fully saturated rings. The van der Waals surface area contributed by atoms with Gasteiger partial charge in [-0.25, -0.2) is 0 Å². The Morgan fingerprint density at radius 1 is 1.46 bits per heavy atom. The molecule has 76 valence electrons. The van der Waals surface area contributed by atoms with Gasteiger partial charge in [0.1, 0.15) is 0 Å². The van der Waals surface area contributed by atoms with Crippen LogP contribution < -0.4 is 5.32 Å². The molecular formula is C12H23N. The van der Waals surface area contributed by atoms with E-state index in [1.165, 1.54) is 11.3 Å². The van der Waals surface area contributed by atoms with E-state index in [1.807, 2.05) is 0 Å². The van der Waals surface area contributed by atoms with Gasteiger partial charge in [0.25, 0.3) is 0 Å². The van der Waals surface area contributed by atoms with Crippen LogP contribution in [0.1, 0.15) is 40.5 Å². The van der Waals surface area contributed by atoms with E-state index in [1.54, 1.807) is 0 Å². The number of rotatable bonds is 6. The molecule has 0 aliphatic carbocycles.